The van der Waals surface area contributed by atoms with Gasteiger partial charge in [-0.25, -0.2) is 0 Å². The molecule has 2 aromatic rings. The SMILES string of the molecule is C=[P+](CCCC)c1ccccc1-c1ccccc1. The summed E-state index contributed by atoms with van der Waals surface area (Å²) in [6.07, 6.45) is 8.16. The predicted molar refractivity (Wildman–Crippen MR) is 85.3 cm³/mol. The van der Waals surface area contributed by atoms with Crippen LogP contribution in [0.25, 0.3) is 11.1 Å². The van der Waals surface area contributed by atoms with Gasteiger partial charge in [0.2, 0.25) is 0 Å². The van der Waals surface area contributed by atoms with E-state index >= 15 is 0 Å². The number of unbranched alkanes of at least 4 members (excludes halogenated alkanes) is 1. The molecule has 0 saturated carbocycles. The van der Waals surface area contributed by atoms with Crippen molar-refractivity contribution in [3.8, 4) is 11.1 Å². The van der Waals surface area contributed by atoms with Gasteiger partial charge in [0.25, 0.3) is 0 Å². The molecule has 0 saturated heterocycles. The molecule has 0 fully saturated rings. The summed E-state index contributed by atoms with van der Waals surface area (Å²) in [6, 6.07) is 19.4. The molecular formula is C17H20P+. The van der Waals surface area contributed by atoms with Crippen molar-refractivity contribution >= 4 is 19.1 Å². The Bertz CT molecular complexity index is 514. The highest BCUT2D eigenvalue weighted by molar-refractivity contribution is 7.64. The third kappa shape index (κ3) is 3.09. The quantitative estimate of drug-likeness (QED) is 0.680. The first-order valence-corrected chi connectivity index (χ1v) is 8.26. The average Bonchev–Trinajstić information content (AvgIpc) is 2.45. The average molecular weight is 255 g/mol. The molecule has 0 spiro atoms. The van der Waals surface area contributed by atoms with E-state index in [4.69, 9.17) is 0 Å². The van der Waals surface area contributed by atoms with Crippen LogP contribution in [0, 0.1) is 0 Å². The Morgan fingerprint density at radius 2 is 1.61 bits per heavy atom. The Labute approximate surface area is 111 Å². The van der Waals surface area contributed by atoms with Crippen LogP contribution in [-0.2, 0) is 0 Å². The molecule has 2 rings (SSSR count). The van der Waals surface area contributed by atoms with Crippen LogP contribution >= 0.6 is 7.55 Å². The molecule has 0 aliphatic carbocycles. The van der Waals surface area contributed by atoms with Crippen LogP contribution in [0.1, 0.15) is 19.8 Å². The zero-order chi connectivity index (χ0) is 12.8. The number of hydrogen-bond acceptors (Lipinski definition) is 0. The summed E-state index contributed by atoms with van der Waals surface area (Å²) >= 11 is 0. The minimum Gasteiger partial charge on any atom is -0.0652 e. The van der Waals surface area contributed by atoms with Crippen LogP contribution in [-0.4, -0.2) is 12.5 Å². The summed E-state index contributed by atoms with van der Waals surface area (Å²) in [6.45, 7) is 2.24. The molecule has 1 heteroatoms. The number of rotatable bonds is 5. The van der Waals surface area contributed by atoms with Crippen molar-refractivity contribution in [2.24, 2.45) is 0 Å². The summed E-state index contributed by atoms with van der Waals surface area (Å²) < 4.78 is 0. The van der Waals surface area contributed by atoms with Crippen molar-refractivity contribution < 1.29 is 0 Å². The van der Waals surface area contributed by atoms with E-state index in [0.29, 0.717) is 0 Å². The summed E-state index contributed by atoms with van der Waals surface area (Å²) in [5.41, 5.74) is 2.66. The van der Waals surface area contributed by atoms with Crippen molar-refractivity contribution in [3.63, 3.8) is 0 Å². The molecule has 0 amide bonds. The minimum atomic E-state index is -0.276. The van der Waals surface area contributed by atoms with Crippen LogP contribution in [0.4, 0.5) is 0 Å². The fourth-order valence-corrected chi connectivity index (χ4v) is 3.86. The smallest absolute Gasteiger partial charge is 0.0652 e. The van der Waals surface area contributed by atoms with E-state index in [1.807, 2.05) is 0 Å². The van der Waals surface area contributed by atoms with E-state index in [2.05, 4.69) is 67.8 Å². The van der Waals surface area contributed by atoms with E-state index < -0.39 is 0 Å². The Morgan fingerprint density at radius 1 is 0.944 bits per heavy atom. The Balaban J connectivity index is 2.34. The van der Waals surface area contributed by atoms with Crippen LogP contribution in [0.5, 0.6) is 0 Å². The molecule has 0 radical (unpaired) electrons. The highest BCUT2D eigenvalue weighted by Gasteiger charge is 2.15. The highest BCUT2D eigenvalue weighted by atomic mass is 31.1. The summed E-state index contributed by atoms with van der Waals surface area (Å²) in [5.74, 6) is 0. The molecule has 0 nitrogen and oxygen atoms in total. The number of hydrogen-bond donors (Lipinski definition) is 0. The lowest BCUT2D eigenvalue weighted by molar-refractivity contribution is 0.895. The molecule has 1 unspecified atom stereocenters. The summed E-state index contributed by atoms with van der Waals surface area (Å²) in [4.78, 5) is 0. The molecule has 0 aromatic heterocycles. The molecule has 2 aromatic carbocycles. The van der Waals surface area contributed by atoms with Gasteiger partial charge in [-0.05, 0) is 24.1 Å². The standard InChI is InChI=1S/C17H20P/c1-3-4-14-18(2)17-13-9-8-12-16(17)15-10-6-5-7-11-15/h5-13H,2-4,14H2,1H3/q+1. The van der Waals surface area contributed by atoms with E-state index in [-0.39, 0.29) is 7.55 Å². The predicted octanol–water partition coefficient (Wildman–Crippen LogP) is 4.69. The molecule has 18 heavy (non-hydrogen) atoms. The highest BCUT2D eigenvalue weighted by Crippen LogP contribution is 2.28. The van der Waals surface area contributed by atoms with E-state index in [1.165, 1.54) is 35.4 Å². The lowest BCUT2D eigenvalue weighted by Crippen LogP contribution is -2.03. The third-order valence-corrected chi connectivity index (χ3v) is 5.04. The fraction of sp³-hybridized carbons (Fsp3) is 0.235. The van der Waals surface area contributed by atoms with Gasteiger partial charge in [-0.15, -0.1) is 0 Å². The summed E-state index contributed by atoms with van der Waals surface area (Å²) in [7, 11) is -0.276. The minimum absolute atomic E-state index is 0.276. The van der Waals surface area contributed by atoms with Gasteiger partial charge in [-0.1, -0.05) is 55.8 Å². The van der Waals surface area contributed by atoms with Crippen LogP contribution in [0.3, 0.4) is 0 Å². The van der Waals surface area contributed by atoms with Crippen LogP contribution in [0.15, 0.2) is 54.6 Å². The molecular weight excluding hydrogens is 235 g/mol. The lowest BCUT2D eigenvalue weighted by atomic mass is 10.1. The van der Waals surface area contributed by atoms with Crippen LogP contribution in [0.2, 0.25) is 0 Å². The van der Waals surface area contributed by atoms with Crippen molar-refractivity contribution in [3.05, 3.63) is 54.6 Å². The van der Waals surface area contributed by atoms with E-state index in [9.17, 15) is 0 Å². The Morgan fingerprint density at radius 3 is 2.33 bits per heavy atom. The van der Waals surface area contributed by atoms with Gasteiger partial charge in [0.05, 0.1) is 6.30 Å². The van der Waals surface area contributed by atoms with E-state index in [1.54, 1.807) is 0 Å². The molecule has 1 atom stereocenters. The molecule has 0 heterocycles. The third-order valence-electron chi connectivity index (χ3n) is 3.11. The first kappa shape index (κ1) is 13.1. The van der Waals surface area contributed by atoms with Crippen molar-refractivity contribution in [2.45, 2.75) is 19.8 Å². The maximum atomic E-state index is 4.40. The van der Waals surface area contributed by atoms with Crippen molar-refractivity contribution in [1.82, 2.24) is 0 Å². The fourth-order valence-electron chi connectivity index (χ4n) is 2.08. The first-order valence-electron chi connectivity index (χ1n) is 6.55. The monoisotopic (exact) mass is 255 g/mol. The molecule has 0 aliphatic rings. The zero-order valence-corrected chi connectivity index (χ0v) is 11.9. The van der Waals surface area contributed by atoms with Gasteiger partial charge in [-0.2, -0.15) is 0 Å². The van der Waals surface area contributed by atoms with Gasteiger partial charge in [0.15, 0.2) is 5.30 Å². The van der Waals surface area contributed by atoms with Gasteiger partial charge in [0, 0.05) is 5.56 Å². The zero-order valence-electron chi connectivity index (χ0n) is 11.0. The second-order valence-corrected chi connectivity index (χ2v) is 6.51. The second kappa shape index (κ2) is 6.52. The Kier molecular flexibility index (Phi) is 4.73. The summed E-state index contributed by atoms with van der Waals surface area (Å²) in [5, 5.41) is 1.44. The normalized spacial score (nSPS) is 11.3. The lowest BCUT2D eigenvalue weighted by Gasteiger charge is -2.04. The number of benzene rings is 2. The van der Waals surface area contributed by atoms with E-state index in [0.717, 1.165) is 0 Å². The molecule has 0 aliphatic heterocycles. The van der Waals surface area contributed by atoms with Gasteiger partial charge in [-0.3, -0.25) is 0 Å². The largest absolute Gasteiger partial charge is 0.155 e. The van der Waals surface area contributed by atoms with Gasteiger partial charge >= 0.3 is 0 Å². The van der Waals surface area contributed by atoms with Crippen molar-refractivity contribution in [1.29, 1.82) is 0 Å². The van der Waals surface area contributed by atoms with Crippen LogP contribution < -0.4 is 5.30 Å². The second-order valence-electron chi connectivity index (χ2n) is 4.50. The maximum absolute atomic E-state index is 4.40. The van der Waals surface area contributed by atoms with Gasteiger partial charge in [0.1, 0.15) is 13.7 Å². The maximum Gasteiger partial charge on any atom is 0.155 e. The van der Waals surface area contributed by atoms with Gasteiger partial charge < -0.3 is 0 Å². The molecule has 0 bridgehead atoms. The van der Waals surface area contributed by atoms with Crippen molar-refractivity contribution in [2.75, 3.05) is 6.16 Å². The Hall–Kier alpha value is -1.39. The molecule has 92 valence electrons. The molecule has 0 N–H and O–H groups in total. The topological polar surface area (TPSA) is 0 Å². The first-order chi connectivity index (χ1) is 8.83.